The molecule has 0 spiro atoms. The molecule has 226 valence electrons. The molecule has 0 saturated carbocycles. The van der Waals surface area contributed by atoms with Crippen molar-refractivity contribution >= 4 is 43.5 Å². The van der Waals surface area contributed by atoms with Crippen LogP contribution in [0.2, 0.25) is 0 Å². The lowest BCUT2D eigenvalue weighted by atomic mass is 9.81. The molecule has 10 rings (SSSR count). The molecular weight excluding hydrogens is 581 g/mol. The van der Waals surface area contributed by atoms with E-state index in [1.807, 2.05) is 0 Å². The number of rotatable bonds is 3. The molecule has 0 saturated heterocycles. The highest BCUT2D eigenvalue weighted by Crippen LogP contribution is 2.53. The van der Waals surface area contributed by atoms with Gasteiger partial charge in [0.15, 0.2) is 0 Å². The van der Waals surface area contributed by atoms with E-state index in [4.69, 9.17) is 26.3 Å². The maximum absolute atomic E-state index is 10.4. The molecule has 1 aromatic heterocycles. The van der Waals surface area contributed by atoms with Gasteiger partial charge in [0, 0.05) is 16.2 Å². The van der Waals surface area contributed by atoms with E-state index >= 15 is 0 Å². The standard InChI is InChI=1S/C47H32O/c1-47(2)40-20-10-8-18-37(40)46-32(19-12-21-41(46)47)30-23-25-36-39(27-30)45(31-24-26-43-38(28-31)33-15-9-11-22-42(33)48-43)35-17-7-6-16-34(35)44(36)29-13-4-3-5-14-29/h3-28H,1-2H3/i3D,4D,5D,6D,7D,8D,9D,10D,11D,12D,13D,14D,15D,16D,17D,18D,19D,20D,21D,22D,23D,24D,25D,26D,27D,28D. The van der Waals surface area contributed by atoms with Crippen LogP contribution in [0.5, 0.6) is 0 Å². The molecule has 9 aromatic rings. The minimum atomic E-state index is -1.54. The van der Waals surface area contributed by atoms with Crippen molar-refractivity contribution in [1.29, 1.82) is 0 Å². The third-order valence-corrected chi connectivity index (χ3v) is 8.70. The van der Waals surface area contributed by atoms with Crippen LogP contribution in [0.4, 0.5) is 0 Å². The number of fused-ring (bicyclic) bond motifs is 8. The molecule has 0 atom stereocenters. The Kier molecular flexibility index (Phi) is 2.50. The van der Waals surface area contributed by atoms with Crippen molar-refractivity contribution in [1.82, 2.24) is 0 Å². The van der Waals surface area contributed by atoms with Crippen LogP contribution >= 0.6 is 0 Å². The first kappa shape index (κ1) is 12.0. The summed E-state index contributed by atoms with van der Waals surface area (Å²) in [6.07, 6.45) is 0. The molecule has 0 bridgehead atoms. The van der Waals surface area contributed by atoms with Crippen LogP contribution in [0, 0.1) is 0 Å². The molecule has 48 heavy (non-hydrogen) atoms. The van der Waals surface area contributed by atoms with Crippen LogP contribution in [0.1, 0.15) is 60.6 Å². The Balaban J connectivity index is 1.58. The fraction of sp³-hybridized carbons (Fsp3) is 0.0638. The Morgan fingerprint density at radius 3 is 1.81 bits per heavy atom. The van der Waals surface area contributed by atoms with Gasteiger partial charge >= 0.3 is 0 Å². The minimum absolute atomic E-state index is 0.0753. The molecule has 0 unspecified atom stereocenters. The molecule has 1 heterocycles. The van der Waals surface area contributed by atoms with Crippen molar-refractivity contribution in [3.63, 3.8) is 0 Å². The van der Waals surface area contributed by atoms with E-state index < -0.39 is 239 Å². The Hall–Kier alpha value is -5.92. The van der Waals surface area contributed by atoms with E-state index in [1.165, 1.54) is 13.8 Å². The Morgan fingerprint density at radius 2 is 0.979 bits per heavy atom. The van der Waals surface area contributed by atoms with Crippen LogP contribution in [0.25, 0.3) is 88.0 Å². The van der Waals surface area contributed by atoms with Gasteiger partial charge in [-0.25, -0.2) is 0 Å². The molecule has 0 radical (unpaired) electrons. The molecule has 1 aliphatic carbocycles. The SMILES string of the molecule is [2H]c1c([2H])c([2H])c(-c2c3c([2H])c([2H])c([2H])c([2H])c3c(-c3c([2H])c([2H])c4oc5c([2H])c([2H])c([2H])c([2H])c5c4c3[2H])c3c([2H])c(-c4c([2H])c([2H])c([2H])c5c4-c4c([2H])c([2H])c([2H])c([2H])c4C5(C)C)c([2H])c([2H])c23)c([2H])c1[2H]. The summed E-state index contributed by atoms with van der Waals surface area (Å²) in [5, 5.41) is -3.87. The van der Waals surface area contributed by atoms with E-state index in [0.717, 1.165) is 0 Å². The minimum Gasteiger partial charge on any atom is -0.456 e. The van der Waals surface area contributed by atoms with Crippen molar-refractivity contribution < 1.29 is 40.1 Å². The van der Waals surface area contributed by atoms with Gasteiger partial charge in [-0.2, -0.15) is 0 Å². The summed E-state index contributed by atoms with van der Waals surface area (Å²) < 4.78 is 243. The summed E-state index contributed by atoms with van der Waals surface area (Å²) in [5.74, 6) is 0. The zero-order valence-corrected chi connectivity index (χ0v) is 24.9. The topological polar surface area (TPSA) is 13.1 Å². The predicted octanol–water partition coefficient (Wildman–Crippen LogP) is 13.2. The number of hydrogen-bond acceptors (Lipinski definition) is 1. The van der Waals surface area contributed by atoms with Gasteiger partial charge in [0.1, 0.15) is 11.2 Å². The fourth-order valence-corrected chi connectivity index (χ4v) is 6.55. The largest absolute Gasteiger partial charge is 0.456 e. The van der Waals surface area contributed by atoms with E-state index in [1.54, 1.807) is 0 Å². The van der Waals surface area contributed by atoms with E-state index in [0.29, 0.717) is 0 Å². The van der Waals surface area contributed by atoms with Crippen molar-refractivity contribution in [2.45, 2.75) is 19.3 Å². The van der Waals surface area contributed by atoms with Gasteiger partial charge in [0.05, 0.1) is 35.6 Å². The lowest BCUT2D eigenvalue weighted by Crippen LogP contribution is -2.14. The second-order valence-corrected chi connectivity index (χ2v) is 11.6. The Morgan fingerprint density at radius 1 is 0.396 bits per heavy atom. The predicted molar refractivity (Wildman–Crippen MR) is 203 cm³/mol. The van der Waals surface area contributed by atoms with Crippen molar-refractivity contribution in [3.8, 4) is 44.5 Å². The van der Waals surface area contributed by atoms with E-state index in [9.17, 15) is 13.7 Å². The summed E-state index contributed by atoms with van der Waals surface area (Å²) in [6, 6.07) is -22.3. The van der Waals surface area contributed by atoms with Gasteiger partial charge in [-0.15, -0.1) is 0 Å². The summed E-state index contributed by atoms with van der Waals surface area (Å²) in [4.78, 5) is 0. The average molecular weight is 639 g/mol. The lowest BCUT2D eigenvalue weighted by Gasteiger charge is -2.22. The normalized spacial score (nSPS) is 21.0. The lowest BCUT2D eigenvalue weighted by molar-refractivity contribution is 0.660. The van der Waals surface area contributed by atoms with Crippen LogP contribution in [-0.2, 0) is 5.41 Å². The molecule has 8 aromatic carbocycles. The second kappa shape index (κ2) is 10.0. The van der Waals surface area contributed by atoms with Crippen molar-refractivity contribution in [2.24, 2.45) is 0 Å². The number of para-hydroxylation sites is 1. The molecule has 1 heteroatoms. The zero-order valence-electron chi connectivity index (χ0n) is 50.9. The van der Waals surface area contributed by atoms with Crippen LogP contribution in [0.15, 0.2) is 162 Å². The molecular formula is C47H32O. The fourth-order valence-electron chi connectivity index (χ4n) is 6.55. The first-order valence-electron chi connectivity index (χ1n) is 27.7. The molecule has 0 aliphatic heterocycles. The highest BCUT2D eigenvalue weighted by Gasteiger charge is 2.36. The maximum Gasteiger partial charge on any atom is 0.135 e. The summed E-state index contributed by atoms with van der Waals surface area (Å²) in [7, 11) is 0. The average Bonchev–Trinajstić information content (AvgIpc) is 3.89. The number of furan rings is 1. The Labute approximate surface area is 316 Å². The van der Waals surface area contributed by atoms with Crippen LogP contribution in [0.3, 0.4) is 0 Å². The maximum atomic E-state index is 10.4. The summed E-state index contributed by atoms with van der Waals surface area (Å²) in [5.41, 5.74) is -7.77. The molecule has 0 N–H and O–H groups in total. The third-order valence-electron chi connectivity index (χ3n) is 8.70. The van der Waals surface area contributed by atoms with Crippen LogP contribution in [-0.4, -0.2) is 0 Å². The van der Waals surface area contributed by atoms with Crippen LogP contribution < -0.4 is 0 Å². The first-order valence-corrected chi connectivity index (χ1v) is 14.7. The van der Waals surface area contributed by atoms with E-state index in [-0.39, 0.29) is 22.3 Å². The monoisotopic (exact) mass is 638 g/mol. The summed E-state index contributed by atoms with van der Waals surface area (Å²) in [6.45, 7) is 3.01. The number of hydrogen-bond donors (Lipinski definition) is 0. The molecule has 1 aliphatic rings. The van der Waals surface area contributed by atoms with Gasteiger partial charge in [-0.3, -0.25) is 0 Å². The van der Waals surface area contributed by atoms with Gasteiger partial charge in [-0.1, -0.05) is 147 Å². The highest BCUT2D eigenvalue weighted by atomic mass is 16.3. The second-order valence-electron chi connectivity index (χ2n) is 11.6. The van der Waals surface area contributed by atoms with Gasteiger partial charge < -0.3 is 4.42 Å². The first-order chi connectivity index (χ1) is 34.4. The summed E-state index contributed by atoms with van der Waals surface area (Å²) >= 11 is 0. The number of benzene rings is 8. The smallest absolute Gasteiger partial charge is 0.135 e. The highest BCUT2D eigenvalue weighted by molar-refractivity contribution is 6.23. The van der Waals surface area contributed by atoms with Gasteiger partial charge in [0.2, 0.25) is 0 Å². The van der Waals surface area contributed by atoms with Gasteiger partial charge in [0.25, 0.3) is 0 Å². The van der Waals surface area contributed by atoms with Crippen molar-refractivity contribution in [2.75, 3.05) is 0 Å². The van der Waals surface area contributed by atoms with E-state index in [2.05, 4.69) is 0 Å². The molecule has 0 amide bonds. The van der Waals surface area contributed by atoms with Crippen molar-refractivity contribution in [3.05, 3.63) is 168 Å². The zero-order chi connectivity index (χ0) is 54.6. The quantitative estimate of drug-likeness (QED) is 0.176. The molecule has 1 nitrogen and oxygen atoms in total. The molecule has 0 fully saturated rings. The third kappa shape index (κ3) is 3.79. The Bertz CT molecular complexity index is 4200. The van der Waals surface area contributed by atoms with Gasteiger partial charge in [-0.05, 0) is 101 Å².